The quantitative estimate of drug-likeness (QED) is 0.0679. The average Bonchev–Trinajstić information content (AvgIpc) is 3.15. The lowest BCUT2D eigenvalue weighted by atomic mass is 10.1. The summed E-state index contributed by atoms with van der Waals surface area (Å²) in [6.07, 6.45) is 34.1. The van der Waals surface area contributed by atoms with Gasteiger partial charge in [0.2, 0.25) is 0 Å². The Morgan fingerprint density at radius 1 is 0.222 bits per heavy atom. The first-order chi connectivity index (χ1) is 22.4. The highest BCUT2D eigenvalue weighted by Crippen LogP contribution is 2.13. The molecule has 0 aliphatic rings. The normalized spacial score (nSPS) is 8.04. The molecule has 0 aromatic carbocycles. The van der Waals surface area contributed by atoms with E-state index in [1.165, 1.54) is 154 Å². The van der Waals surface area contributed by atoms with E-state index in [0.29, 0.717) is 0 Å². The molecule has 272 valence electrons. The third-order valence-electron chi connectivity index (χ3n) is 6.28. The summed E-state index contributed by atoms with van der Waals surface area (Å²) in [6, 6.07) is 0. The minimum Gasteiger partial charge on any atom is -0.381 e. The molecule has 0 bridgehead atoms. The van der Waals surface area contributed by atoms with E-state index in [-0.39, 0.29) is 0 Å². The average molecular weight is 635 g/mol. The van der Waals surface area contributed by atoms with Crippen molar-refractivity contribution in [1.29, 1.82) is 0 Å². The first-order valence-corrected chi connectivity index (χ1v) is 18.0. The van der Waals surface area contributed by atoms with Gasteiger partial charge in [0.05, 0.1) is 0 Å². The second-order valence-electron chi connectivity index (χ2n) is 9.39. The largest absolute Gasteiger partial charge is 0.381 e. The molecule has 1 nitrogen and oxygen atoms in total. The molecule has 1 heteroatoms. The van der Waals surface area contributed by atoms with E-state index >= 15 is 0 Å². The van der Waals surface area contributed by atoms with Crippen molar-refractivity contribution >= 4 is 0 Å². The first-order valence-electron chi connectivity index (χ1n) is 18.0. The molecule has 0 aliphatic heterocycles. The highest BCUT2D eigenvalue weighted by molar-refractivity contribution is 4.50. The Bertz CT molecular complexity index is 316. The lowest BCUT2D eigenvalue weighted by Gasteiger charge is -2.05. The van der Waals surface area contributed by atoms with Gasteiger partial charge in [-0.15, -0.1) is 105 Å². The van der Waals surface area contributed by atoms with E-state index in [1.54, 1.807) is 0 Å². The molecule has 0 spiro atoms. The van der Waals surface area contributed by atoms with Crippen LogP contribution in [-0.2, 0) is 4.74 Å². The van der Waals surface area contributed by atoms with Gasteiger partial charge in [-0.05, 0) is 12.8 Å². The van der Waals surface area contributed by atoms with Gasteiger partial charge in [0.1, 0.15) is 0 Å². The summed E-state index contributed by atoms with van der Waals surface area (Å²) in [4.78, 5) is 0. The van der Waals surface area contributed by atoms with E-state index in [1.807, 2.05) is 0 Å². The fourth-order valence-corrected chi connectivity index (χ4v) is 4.19. The maximum absolute atomic E-state index is 5.82. The number of rotatable bonds is 26. The van der Waals surface area contributed by atoms with Crippen LogP contribution in [0.15, 0.2) is 105 Å². The zero-order chi connectivity index (χ0) is 37.1. The first kappa shape index (κ1) is 65.5. The van der Waals surface area contributed by atoms with Crippen molar-refractivity contribution < 1.29 is 4.74 Å². The summed E-state index contributed by atoms with van der Waals surface area (Å²) in [5, 5.41) is 0. The summed E-state index contributed by atoms with van der Waals surface area (Å²) in [5.41, 5.74) is 0. The molecule has 45 heavy (non-hydrogen) atoms. The smallest absolute Gasteiger partial charge is 0.0466 e. The number of unbranched alkanes of at least 4 members (excludes halogenated alkanes) is 22. The van der Waals surface area contributed by atoms with Crippen LogP contribution in [0, 0.1) is 0 Å². The SMILES string of the molecule is C=C.C=C.C=C.C=C.C=C.C=C.C=C.C=C.CCCCCCCCCCCCCCOCCCCCCCCCCCCCC. The predicted octanol–water partition coefficient (Wildman–Crippen LogP) is 16.8. The summed E-state index contributed by atoms with van der Waals surface area (Å²) in [5.74, 6) is 0. The van der Waals surface area contributed by atoms with Crippen LogP contribution in [0.1, 0.15) is 168 Å². The Labute approximate surface area is 290 Å². The third kappa shape index (κ3) is 117. The van der Waals surface area contributed by atoms with E-state index < -0.39 is 0 Å². The van der Waals surface area contributed by atoms with Gasteiger partial charge in [-0.25, -0.2) is 0 Å². The van der Waals surface area contributed by atoms with Gasteiger partial charge in [-0.3, -0.25) is 0 Å². The maximum atomic E-state index is 5.82. The molecule has 0 aromatic rings. The van der Waals surface area contributed by atoms with E-state index in [9.17, 15) is 0 Å². The van der Waals surface area contributed by atoms with Crippen LogP contribution in [0.25, 0.3) is 0 Å². The lowest BCUT2D eigenvalue weighted by Crippen LogP contribution is -1.97. The van der Waals surface area contributed by atoms with Crippen LogP contribution in [0.4, 0.5) is 0 Å². The molecule has 0 fully saturated rings. The molecular weight excluding hydrogens is 544 g/mol. The maximum Gasteiger partial charge on any atom is 0.0466 e. The zero-order valence-corrected chi connectivity index (χ0v) is 32.1. The molecule has 0 N–H and O–H groups in total. The van der Waals surface area contributed by atoms with Crippen LogP contribution in [0.2, 0.25) is 0 Å². The summed E-state index contributed by atoms with van der Waals surface area (Å²) in [7, 11) is 0. The van der Waals surface area contributed by atoms with Crippen molar-refractivity contribution in [3.05, 3.63) is 105 Å². The minimum atomic E-state index is 0.995. The van der Waals surface area contributed by atoms with Crippen molar-refractivity contribution in [2.75, 3.05) is 13.2 Å². The summed E-state index contributed by atoms with van der Waals surface area (Å²) < 4.78 is 5.82. The standard InChI is InChI=1S/C28H58O.8C2H4/c1-3-5-7-9-11-13-15-17-19-21-23-25-27-29-28-26-24-22-20-18-16-14-12-10-8-6-4-2;8*1-2/h3-28H2,1-2H3;8*1-2H2. The molecule has 0 heterocycles. The highest BCUT2D eigenvalue weighted by Gasteiger charge is 1.96. The predicted molar refractivity (Wildman–Crippen MR) is 223 cm³/mol. The van der Waals surface area contributed by atoms with E-state index in [2.05, 4.69) is 119 Å². The Morgan fingerprint density at radius 2 is 0.356 bits per heavy atom. The Kier molecular flexibility index (Phi) is 165. The molecule has 0 unspecified atom stereocenters. The van der Waals surface area contributed by atoms with Gasteiger partial charge in [0, 0.05) is 13.2 Å². The van der Waals surface area contributed by atoms with Gasteiger partial charge < -0.3 is 4.74 Å². The van der Waals surface area contributed by atoms with Crippen LogP contribution < -0.4 is 0 Å². The second kappa shape index (κ2) is 113. The molecule has 0 amide bonds. The van der Waals surface area contributed by atoms with Crippen LogP contribution >= 0.6 is 0 Å². The van der Waals surface area contributed by atoms with E-state index in [4.69, 9.17) is 4.74 Å². The van der Waals surface area contributed by atoms with Crippen molar-refractivity contribution in [3.63, 3.8) is 0 Å². The van der Waals surface area contributed by atoms with Crippen molar-refractivity contribution in [3.8, 4) is 0 Å². The Morgan fingerprint density at radius 3 is 0.511 bits per heavy atom. The van der Waals surface area contributed by atoms with Gasteiger partial charge >= 0.3 is 0 Å². The van der Waals surface area contributed by atoms with Crippen molar-refractivity contribution in [2.45, 2.75) is 168 Å². The second-order valence-corrected chi connectivity index (χ2v) is 9.39. The van der Waals surface area contributed by atoms with Crippen LogP contribution in [-0.4, -0.2) is 13.2 Å². The molecule has 0 rings (SSSR count). The van der Waals surface area contributed by atoms with E-state index in [0.717, 1.165) is 13.2 Å². The number of hydrogen-bond acceptors (Lipinski definition) is 1. The van der Waals surface area contributed by atoms with Gasteiger partial charge in [-0.1, -0.05) is 155 Å². The van der Waals surface area contributed by atoms with Crippen LogP contribution in [0.5, 0.6) is 0 Å². The fourth-order valence-electron chi connectivity index (χ4n) is 4.19. The monoisotopic (exact) mass is 635 g/mol. The topological polar surface area (TPSA) is 9.23 Å². The zero-order valence-electron chi connectivity index (χ0n) is 32.1. The van der Waals surface area contributed by atoms with Crippen LogP contribution in [0.3, 0.4) is 0 Å². The molecule has 0 aliphatic carbocycles. The van der Waals surface area contributed by atoms with Gasteiger partial charge in [0.15, 0.2) is 0 Å². The molecule has 0 saturated heterocycles. The molecule has 0 aromatic heterocycles. The highest BCUT2D eigenvalue weighted by atomic mass is 16.5. The van der Waals surface area contributed by atoms with Gasteiger partial charge in [0.25, 0.3) is 0 Å². The molecule has 0 atom stereocenters. The summed E-state index contributed by atoms with van der Waals surface area (Å²) in [6.45, 7) is 54.6. The van der Waals surface area contributed by atoms with Gasteiger partial charge in [-0.2, -0.15) is 0 Å². The third-order valence-corrected chi connectivity index (χ3v) is 6.28. The molecule has 0 saturated carbocycles. The molecular formula is C44H90O. The number of hydrogen-bond donors (Lipinski definition) is 0. The Balaban J connectivity index is -0.0000000996. The van der Waals surface area contributed by atoms with Crippen molar-refractivity contribution in [1.82, 2.24) is 0 Å². The summed E-state index contributed by atoms with van der Waals surface area (Å²) >= 11 is 0. The Hall–Kier alpha value is -2.12. The fraction of sp³-hybridized carbons (Fsp3) is 0.636. The van der Waals surface area contributed by atoms with Crippen molar-refractivity contribution in [2.24, 2.45) is 0 Å². The lowest BCUT2D eigenvalue weighted by molar-refractivity contribution is 0.125. The molecule has 0 radical (unpaired) electrons. The number of ether oxygens (including phenoxy) is 1. The minimum absolute atomic E-state index is 0.995.